The van der Waals surface area contributed by atoms with Crippen LogP contribution < -0.4 is 21.3 Å². The van der Waals surface area contributed by atoms with Crippen LogP contribution in [-0.2, 0) is 0 Å². The molecule has 0 saturated carbocycles. The van der Waals surface area contributed by atoms with Gasteiger partial charge >= 0.3 is 0 Å². The highest BCUT2D eigenvalue weighted by Crippen LogP contribution is 2.27. The predicted octanol–water partition coefficient (Wildman–Crippen LogP) is 1.97. The number of anilines is 1. The van der Waals surface area contributed by atoms with Crippen LogP contribution in [0.5, 0.6) is 5.88 Å². The maximum atomic E-state index is 6.24. The molecule has 3 aromatic heterocycles. The van der Waals surface area contributed by atoms with Gasteiger partial charge in [0, 0.05) is 28.4 Å². The maximum Gasteiger partial charge on any atom is 0.211 e. The fourth-order valence-corrected chi connectivity index (χ4v) is 3.70. The minimum atomic E-state index is 0.0705. The molecule has 5 rings (SSSR count). The third-order valence-electron chi connectivity index (χ3n) is 5.39. The van der Waals surface area contributed by atoms with Gasteiger partial charge in [-0.3, -0.25) is 4.98 Å². The Balaban J connectivity index is 1.51. The van der Waals surface area contributed by atoms with Crippen molar-refractivity contribution in [2.75, 3.05) is 18.8 Å². The van der Waals surface area contributed by atoms with Gasteiger partial charge in [0.15, 0.2) is 5.65 Å². The molecule has 0 atom stereocenters. The van der Waals surface area contributed by atoms with E-state index in [2.05, 4.69) is 20.4 Å². The summed E-state index contributed by atoms with van der Waals surface area (Å²) in [6.07, 6.45) is 5.43. The van der Waals surface area contributed by atoms with Crippen molar-refractivity contribution in [1.82, 2.24) is 24.9 Å². The molecule has 2 radical (unpaired) electrons. The molecule has 0 spiro atoms. The fourth-order valence-electron chi connectivity index (χ4n) is 3.70. The molecule has 148 valence electrons. The number of rotatable bonds is 4. The van der Waals surface area contributed by atoms with Gasteiger partial charge in [-0.1, -0.05) is 36.4 Å². The van der Waals surface area contributed by atoms with E-state index in [1.807, 2.05) is 48.7 Å². The van der Waals surface area contributed by atoms with Crippen LogP contribution in [0.15, 0.2) is 54.9 Å². The second-order valence-corrected chi connectivity index (χ2v) is 7.37. The van der Waals surface area contributed by atoms with Gasteiger partial charge in [-0.2, -0.15) is 14.6 Å². The van der Waals surface area contributed by atoms with E-state index in [1.165, 1.54) is 0 Å². The van der Waals surface area contributed by atoms with Crippen molar-refractivity contribution in [1.29, 1.82) is 0 Å². The van der Waals surface area contributed by atoms with E-state index in [0.29, 0.717) is 22.8 Å². The first-order valence-corrected chi connectivity index (χ1v) is 10.0. The minimum Gasteiger partial charge on any atom is -0.475 e. The van der Waals surface area contributed by atoms with Gasteiger partial charge in [0.2, 0.25) is 5.88 Å². The fraction of sp³-hybridized carbons (Fsp3) is 0.227. The van der Waals surface area contributed by atoms with E-state index in [-0.39, 0.29) is 6.10 Å². The lowest BCUT2D eigenvalue weighted by Gasteiger charge is -2.24. The predicted molar refractivity (Wildman–Crippen MR) is 118 cm³/mol. The second kappa shape index (κ2) is 7.80. The number of ether oxygens (including phenoxy) is 1. The number of nitrogens with one attached hydrogen (secondary N) is 1. The molecule has 1 aliphatic rings. The van der Waals surface area contributed by atoms with Crippen LogP contribution in [0.2, 0.25) is 0 Å². The first kappa shape index (κ1) is 18.6. The van der Waals surface area contributed by atoms with Crippen LogP contribution in [-0.4, -0.2) is 46.6 Å². The van der Waals surface area contributed by atoms with Crippen molar-refractivity contribution in [3.05, 3.63) is 54.9 Å². The Kier molecular flexibility index (Phi) is 4.84. The van der Waals surface area contributed by atoms with Crippen molar-refractivity contribution in [3.8, 4) is 28.3 Å². The number of benzene rings is 1. The van der Waals surface area contributed by atoms with Gasteiger partial charge in [-0.15, -0.1) is 0 Å². The van der Waals surface area contributed by atoms with Crippen molar-refractivity contribution < 1.29 is 4.74 Å². The molecule has 1 aromatic carbocycles. The first-order chi connectivity index (χ1) is 14.7. The van der Waals surface area contributed by atoms with Crippen molar-refractivity contribution >= 4 is 24.8 Å². The quantitative estimate of drug-likeness (QED) is 0.513. The summed E-state index contributed by atoms with van der Waals surface area (Å²) in [5.74, 6) is 0.687. The lowest BCUT2D eigenvalue weighted by atomic mass is 9.97. The smallest absolute Gasteiger partial charge is 0.211 e. The Labute approximate surface area is 175 Å². The third kappa shape index (κ3) is 3.39. The van der Waals surface area contributed by atoms with Crippen LogP contribution in [0.4, 0.5) is 5.82 Å². The van der Waals surface area contributed by atoms with Gasteiger partial charge < -0.3 is 15.8 Å². The number of nitrogens with zero attached hydrogens (tertiary/aromatic N) is 4. The summed E-state index contributed by atoms with van der Waals surface area (Å²) in [5, 5.41) is 7.70. The molecule has 0 bridgehead atoms. The molecule has 1 saturated heterocycles. The molecule has 0 unspecified atom stereocenters. The molecule has 1 aliphatic heterocycles. The number of nitrogen functional groups attached to an aromatic ring is 1. The summed E-state index contributed by atoms with van der Waals surface area (Å²) in [4.78, 5) is 9.28. The molecule has 8 heteroatoms. The monoisotopic (exact) mass is 396 g/mol. The maximum absolute atomic E-state index is 6.24. The topological polar surface area (TPSA) is 90.4 Å². The van der Waals surface area contributed by atoms with Gasteiger partial charge in [0.05, 0.1) is 11.9 Å². The highest BCUT2D eigenvalue weighted by Gasteiger charge is 2.20. The molecule has 1 fully saturated rings. The summed E-state index contributed by atoms with van der Waals surface area (Å²) in [5.41, 5.74) is 10.8. The lowest BCUT2D eigenvalue weighted by Crippen LogP contribution is -2.35. The van der Waals surface area contributed by atoms with Crippen LogP contribution >= 0.6 is 0 Å². The summed E-state index contributed by atoms with van der Waals surface area (Å²) >= 11 is 0. The number of piperidine rings is 1. The standard InChI is InChI=1S/C22H21BN6O/c23-19-20(24)29-21(28-22(19)30-16-8-10-25-11-9-16)17(13-27-29)15-6-7-18(26-12-15)14-4-2-1-3-5-14/h1-7,12-13,16,25H,8-11,24H2. The third-order valence-corrected chi connectivity index (χ3v) is 5.39. The summed E-state index contributed by atoms with van der Waals surface area (Å²) < 4.78 is 7.65. The average molecular weight is 396 g/mol. The van der Waals surface area contributed by atoms with E-state index in [4.69, 9.17) is 18.3 Å². The number of pyridine rings is 1. The van der Waals surface area contributed by atoms with Crippen LogP contribution in [0, 0.1) is 0 Å². The molecule has 7 nitrogen and oxygen atoms in total. The Morgan fingerprint density at radius 2 is 1.83 bits per heavy atom. The normalized spacial score (nSPS) is 14.8. The number of aromatic nitrogens is 4. The first-order valence-electron chi connectivity index (χ1n) is 10.0. The zero-order valence-electron chi connectivity index (χ0n) is 16.5. The molecule has 0 aliphatic carbocycles. The van der Waals surface area contributed by atoms with E-state index in [9.17, 15) is 0 Å². The molecule has 3 N–H and O–H groups in total. The van der Waals surface area contributed by atoms with E-state index in [1.54, 1.807) is 10.7 Å². The SMILES string of the molecule is [B]c1c(OC2CCNCC2)nc2c(-c3ccc(-c4ccccc4)nc3)cnn2c1N. The van der Waals surface area contributed by atoms with Crippen molar-refractivity contribution in [3.63, 3.8) is 0 Å². The average Bonchev–Trinajstić information content (AvgIpc) is 3.23. The van der Waals surface area contributed by atoms with Crippen LogP contribution in [0.25, 0.3) is 28.0 Å². The van der Waals surface area contributed by atoms with Gasteiger partial charge in [0.1, 0.15) is 19.8 Å². The van der Waals surface area contributed by atoms with E-state index >= 15 is 0 Å². The molecular formula is C22H21BN6O. The summed E-state index contributed by atoms with van der Waals surface area (Å²) in [7, 11) is 6.20. The Morgan fingerprint density at radius 3 is 2.57 bits per heavy atom. The summed E-state index contributed by atoms with van der Waals surface area (Å²) in [6, 6.07) is 14.0. The Hall–Kier alpha value is -3.39. The largest absolute Gasteiger partial charge is 0.475 e. The number of hydrogen-bond donors (Lipinski definition) is 2. The van der Waals surface area contributed by atoms with Gasteiger partial charge in [0.25, 0.3) is 0 Å². The number of hydrogen-bond acceptors (Lipinski definition) is 6. The highest BCUT2D eigenvalue weighted by molar-refractivity contribution is 6.37. The second-order valence-electron chi connectivity index (χ2n) is 7.37. The lowest BCUT2D eigenvalue weighted by molar-refractivity contribution is 0.158. The van der Waals surface area contributed by atoms with Crippen molar-refractivity contribution in [2.24, 2.45) is 0 Å². The molecular weight excluding hydrogens is 375 g/mol. The van der Waals surface area contributed by atoms with Crippen LogP contribution in [0.1, 0.15) is 12.8 Å². The van der Waals surface area contributed by atoms with Gasteiger partial charge in [-0.05, 0) is 32.0 Å². The Bertz CT molecular complexity index is 1170. The zero-order valence-corrected chi connectivity index (χ0v) is 16.5. The zero-order chi connectivity index (χ0) is 20.5. The molecule has 30 heavy (non-hydrogen) atoms. The molecule has 4 heterocycles. The van der Waals surface area contributed by atoms with E-state index in [0.717, 1.165) is 48.3 Å². The van der Waals surface area contributed by atoms with E-state index < -0.39 is 0 Å². The summed E-state index contributed by atoms with van der Waals surface area (Å²) in [6.45, 7) is 1.83. The Morgan fingerprint density at radius 1 is 1.03 bits per heavy atom. The van der Waals surface area contributed by atoms with Crippen molar-refractivity contribution in [2.45, 2.75) is 18.9 Å². The number of nitrogens with two attached hydrogens (primary N) is 1. The van der Waals surface area contributed by atoms with Gasteiger partial charge in [-0.25, -0.2) is 0 Å². The van der Waals surface area contributed by atoms with Crippen LogP contribution in [0.3, 0.4) is 0 Å². The number of fused-ring (bicyclic) bond motifs is 1. The molecule has 0 amide bonds. The molecule has 4 aromatic rings. The highest BCUT2D eigenvalue weighted by atomic mass is 16.5. The minimum absolute atomic E-state index is 0.0705.